The van der Waals surface area contributed by atoms with Crippen molar-refractivity contribution in [2.45, 2.75) is 12.5 Å². The van der Waals surface area contributed by atoms with Crippen molar-refractivity contribution in [3.05, 3.63) is 0 Å². The molecule has 0 radical (unpaired) electrons. The van der Waals surface area contributed by atoms with Gasteiger partial charge in [-0.05, 0) is 12.3 Å². The molecular formula is C6H10O2. The van der Waals surface area contributed by atoms with Crippen LogP contribution in [0.15, 0.2) is 0 Å². The van der Waals surface area contributed by atoms with E-state index in [1.54, 1.807) is 0 Å². The minimum absolute atomic E-state index is 0.329. The van der Waals surface area contributed by atoms with E-state index >= 15 is 0 Å². The molecule has 0 unspecified atom stereocenters. The number of fused-ring (bicyclic) bond motifs is 1. The van der Waals surface area contributed by atoms with Crippen molar-refractivity contribution < 1.29 is 9.84 Å². The number of aliphatic hydroxyl groups excluding tert-OH is 1. The fourth-order valence-electron chi connectivity index (χ4n) is 1.65. The van der Waals surface area contributed by atoms with Gasteiger partial charge in [0, 0.05) is 12.5 Å². The monoisotopic (exact) mass is 114 g/mol. The zero-order chi connectivity index (χ0) is 5.56. The van der Waals surface area contributed by atoms with E-state index < -0.39 is 0 Å². The smallest absolute Gasteiger partial charge is 0.0632 e. The number of hydrogen-bond donors (Lipinski definition) is 1. The topological polar surface area (TPSA) is 29.5 Å². The number of rotatable bonds is 1. The van der Waals surface area contributed by atoms with Crippen LogP contribution >= 0.6 is 0 Å². The zero-order valence-corrected chi connectivity index (χ0v) is 4.71. The largest absolute Gasteiger partial charge is 0.396 e. The first-order valence-electron chi connectivity index (χ1n) is 3.14. The second-order valence-electron chi connectivity index (χ2n) is 2.71. The van der Waals surface area contributed by atoms with Gasteiger partial charge in [0.15, 0.2) is 0 Å². The van der Waals surface area contributed by atoms with Crippen LogP contribution in [0.25, 0.3) is 0 Å². The molecule has 3 atom stereocenters. The van der Waals surface area contributed by atoms with Gasteiger partial charge in [-0.1, -0.05) is 0 Å². The summed E-state index contributed by atoms with van der Waals surface area (Å²) >= 11 is 0. The summed E-state index contributed by atoms with van der Waals surface area (Å²) in [5.41, 5.74) is 0. The van der Waals surface area contributed by atoms with Crippen LogP contribution in [0.3, 0.4) is 0 Å². The Morgan fingerprint density at radius 1 is 1.62 bits per heavy atom. The number of aliphatic hydroxyl groups is 1. The van der Waals surface area contributed by atoms with Crippen molar-refractivity contribution in [3.8, 4) is 0 Å². The molecule has 2 heteroatoms. The summed E-state index contributed by atoms with van der Waals surface area (Å²) in [6.45, 7) is 1.23. The van der Waals surface area contributed by atoms with Crippen molar-refractivity contribution in [3.63, 3.8) is 0 Å². The Kier molecular flexibility index (Phi) is 0.866. The average Bonchev–Trinajstić information content (AvgIpc) is 2.19. The first-order chi connectivity index (χ1) is 3.92. The van der Waals surface area contributed by atoms with Crippen molar-refractivity contribution in [1.29, 1.82) is 0 Å². The molecule has 0 aromatic heterocycles. The van der Waals surface area contributed by atoms with Gasteiger partial charge in [0.05, 0.1) is 12.7 Å². The Morgan fingerprint density at radius 3 is 2.75 bits per heavy atom. The van der Waals surface area contributed by atoms with Crippen LogP contribution in [0.1, 0.15) is 6.42 Å². The zero-order valence-electron chi connectivity index (χ0n) is 4.71. The van der Waals surface area contributed by atoms with Crippen LogP contribution in [-0.4, -0.2) is 24.4 Å². The Bertz CT molecular complexity index is 88.7. The van der Waals surface area contributed by atoms with E-state index in [9.17, 15) is 0 Å². The molecule has 0 aromatic carbocycles. The second kappa shape index (κ2) is 1.45. The molecule has 0 aromatic rings. The average molecular weight is 114 g/mol. The normalized spacial score (nSPS) is 51.4. The molecule has 2 saturated heterocycles. The Labute approximate surface area is 48.5 Å². The van der Waals surface area contributed by atoms with E-state index in [-0.39, 0.29) is 0 Å². The predicted octanol–water partition coefficient (Wildman–Crippen LogP) is 0.0136. The summed E-state index contributed by atoms with van der Waals surface area (Å²) in [6.07, 6.45) is 1.62. The maximum atomic E-state index is 8.69. The molecule has 0 amide bonds. The van der Waals surface area contributed by atoms with Gasteiger partial charge in [-0.3, -0.25) is 0 Å². The lowest BCUT2D eigenvalue weighted by atomic mass is 9.75. The van der Waals surface area contributed by atoms with Gasteiger partial charge < -0.3 is 9.84 Å². The molecule has 3 rings (SSSR count). The van der Waals surface area contributed by atoms with Gasteiger partial charge in [-0.25, -0.2) is 0 Å². The van der Waals surface area contributed by atoms with E-state index in [4.69, 9.17) is 9.84 Å². The van der Waals surface area contributed by atoms with Gasteiger partial charge in [-0.15, -0.1) is 0 Å². The fraction of sp³-hybridized carbons (Fsp3) is 1.00. The Balaban J connectivity index is 2.02. The van der Waals surface area contributed by atoms with E-state index in [2.05, 4.69) is 0 Å². The SMILES string of the molecule is OC[C@@H]1[C@@H]2CO[C@H]1C2. The number of ether oxygens (including phenoxy) is 1. The predicted molar refractivity (Wildman–Crippen MR) is 28.4 cm³/mol. The van der Waals surface area contributed by atoms with Gasteiger partial charge in [0.25, 0.3) is 0 Å². The minimum atomic E-state index is 0.329. The third kappa shape index (κ3) is 0.400. The summed E-state index contributed by atoms with van der Waals surface area (Å²) in [4.78, 5) is 0. The molecular weight excluding hydrogens is 104 g/mol. The number of hydrogen-bond acceptors (Lipinski definition) is 2. The highest BCUT2D eigenvalue weighted by atomic mass is 16.5. The lowest BCUT2D eigenvalue weighted by Crippen LogP contribution is -2.36. The summed E-state index contributed by atoms with van der Waals surface area (Å²) < 4.78 is 5.27. The van der Waals surface area contributed by atoms with E-state index in [0.717, 1.165) is 6.61 Å². The van der Waals surface area contributed by atoms with Gasteiger partial charge in [0.1, 0.15) is 0 Å². The van der Waals surface area contributed by atoms with Crippen LogP contribution < -0.4 is 0 Å². The van der Waals surface area contributed by atoms with Gasteiger partial charge in [-0.2, -0.15) is 0 Å². The van der Waals surface area contributed by atoms with Crippen LogP contribution in [0.5, 0.6) is 0 Å². The highest BCUT2D eigenvalue weighted by Gasteiger charge is 2.47. The third-order valence-corrected chi connectivity index (χ3v) is 2.35. The van der Waals surface area contributed by atoms with Crippen molar-refractivity contribution >= 4 is 0 Å². The molecule has 2 aliphatic heterocycles. The molecule has 46 valence electrons. The third-order valence-electron chi connectivity index (χ3n) is 2.35. The lowest BCUT2D eigenvalue weighted by molar-refractivity contribution is 0.0356. The first-order valence-corrected chi connectivity index (χ1v) is 3.14. The Hall–Kier alpha value is -0.0800. The van der Waals surface area contributed by atoms with Crippen molar-refractivity contribution in [1.82, 2.24) is 0 Å². The molecule has 1 saturated carbocycles. The van der Waals surface area contributed by atoms with Crippen LogP contribution in [0.2, 0.25) is 0 Å². The summed E-state index contributed by atoms with van der Waals surface area (Å²) in [5.74, 6) is 1.19. The van der Waals surface area contributed by atoms with Crippen LogP contribution in [0.4, 0.5) is 0 Å². The molecule has 1 aliphatic carbocycles. The molecule has 1 N–H and O–H groups in total. The quantitative estimate of drug-likeness (QED) is 0.520. The molecule has 3 fully saturated rings. The standard InChI is InChI=1S/C6H10O2/c7-2-5-4-1-6(5)8-3-4/h4-7H,1-3H2/t4-,5+,6-/m0/s1. The van der Waals surface area contributed by atoms with Gasteiger partial charge >= 0.3 is 0 Å². The van der Waals surface area contributed by atoms with E-state index in [1.807, 2.05) is 0 Å². The highest BCUT2D eigenvalue weighted by molar-refractivity contribution is 4.95. The van der Waals surface area contributed by atoms with Crippen molar-refractivity contribution in [2.24, 2.45) is 11.8 Å². The maximum Gasteiger partial charge on any atom is 0.0632 e. The van der Waals surface area contributed by atoms with E-state index in [0.29, 0.717) is 24.5 Å². The molecule has 2 nitrogen and oxygen atoms in total. The fourth-order valence-corrected chi connectivity index (χ4v) is 1.65. The van der Waals surface area contributed by atoms with E-state index in [1.165, 1.54) is 6.42 Å². The first kappa shape index (κ1) is 4.77. The molecule has 3 aliphatic rings. The highest BCUT2D eigenvalue weighted by Crippen LogP contribution is 2.43. The summed E-state index contributed by atoms with van der Waals surface area (Å²) in [5, 5.41) is 8.69. The molecule has 8 heavy (non-hydrogen) atoms. The minimum Gasteiger partial charge on any atom is -0.396 e. The summed E-state index contributed by atoms with van der Waals surface area (Å²) in [7, 11) is 0. The van der Waals surface area contributed by atoms with Crippen LogP contribution in [0, 0.1) is 11.8 Å². The van der Waals surface area contributed by atoms with Crippen molar-refractivity contribution in [2.75, 3.05) is 13.2 Å². The maximum absolute atomic E-state index is 8.69. The molecule has 0 spiro atoms. The molecule has 2 heterocycles. The van der Waals surface area contributed by atoms with Gasteiger partial charge in [0.2, 0.25) is 0 Å². The van der Waals surface area contributed by atoms with Crippen LogP contribution in [-0.2, 0) is 4.74 Å². The second-order valence-corrected chi connectivity index (χ2v) is 2.71. The molecule has 2 bridgehead atoms. The summed E-state index contributed by atoms with van der Waals surface area (Å²) in [6, 6.07) is 0. The lowest BCUT2D eigenvalue weighted by Gasteiger charge is -2.30. The Morgan fingerprint density at radius 2 is 2.50 bits per heavy atom.